The lowest BCUT2D eigenvalue weighted by atomic mass is 10.2. The molecule has 2 heterocycles. The molecule has 0 aromatic carbocycles. The summed E-state index contributed by atoms with van der Waals surface area (Å²) in [5, 5.41) is 6.23. The molecule has 0 spiro atoms. The lowest BCUT2D eigenvalue weighted by Gasteiger charge is -2.13. The van der Waals surface area contributed by atoms with Crippen LogP contribution in [0.3, 0.4) is 0 Å². The molecule has 2 rings (SSSR count). The molecule has 3 N–H and O–H groups in total. The first kappa shape index (κ1) is 22.4. The Hall–Kier alpha value is -0.910. The zero-order chi connectivity index (χ0) is 19.5. The molecule has 0 aliphatic carbocycles. The summed E-state index contributed by atoms with van der Waals surface area (Å²) in [6.45, 7) is 3.52. The molecule has 8 nitrogen and oxygen atoms in total. The van der Waals surface area contributed by atoms with Gasteiger partial charge in [-0.05, 0) is 31.4 Å². The summed E-state index contributed by atoms with van der Waals surface area (Å²) in [5.41, 5.74) is 0. The van der Waals surface area contributed by atoms with Gasteiger partial charge in [-0.1, -0.05) is 11.6 Å². The van der Waals surface area contributed by atoms with Crippen LogP contribution in [-0.4, -0.2) is 67.0 Å². The highest BCUT2D eigenvalue weighted by Gasteiger charge is 2.16. The summed E-state index contributed by atoms with van der Waals surface area (Å²) in [7, 11) is -1.85. The van der Waals surface area contributed by atoms with Gasteiger partial charge in [-0.15, -0.1) is 11.3 Å². The second-order valence-electron chi connectivity index (χ2n) is 5.95. The highest BCUT2D eigenvalue weighted by molar-refractivity contribution is 7.91. The Morgan fingerprint density at radius 1 is 1.37 bits per heavy atom. The number of nitrogens with one attached hydrogen (secondary N) is 3. The van der Waals surface area contributed by atoms with Gasteiger partial charge in [0, 0.05) is 39.9 Å². The zero-order valence-electron chi connectivity index (χ0n) is 15.4. The van der Waals surface area contributed by atoms with Crippen molar-refractivity contribution >= 4 is 38.9 Å². The first-order valence-corrected chi connectivity index (χ1v) is 11.6. The molecule has 1 saturated heterocycles. The van der Waals surface area contributed by atoms with Crippen molar-refractivity contribution in [3.05, 3.63) is 16.5 Å². The van der Waals surface area contributed by atoms with Crippen LogP contribution in [-0.2, 0) is 19.5 Å². The molecule has 154 valence electrons. The van der Waals surface area contributed by atoms with E-state index in [2.05, 4.69) is 20.3 Å². The van der Waals surface area contributed by atoms with E-state index in [0.29, 0.717) is 36.6 Å². The summed E-state index contributed by atoms with van der Waals surface area (Å²) in [6, 6.07) is 3.06. The number of rotatable bonds is 11. The van der Waals surface area contributed by atoms with Crippen molar-refractivity contribution in [2.75, 3.05) is 46.5 Å². The smallest absolute Gasteiger partial charge is 0.250 e. The van der Waals surface area contributed by atoms with Gasteiger partial charge in [0.25, 0.3) is 0 Å². The maximum absolute atomic E-state index is 12.1. The van der Waals surface area contributed by atoms with Crippen LogP contribution in [0, 0.1) is 0 Å². The zero-order valence-corrected chi connectivity index (χ0v) is 17.8. The minimum Gasteiger partial charge on any atom is -0.379 e. The maximum Gasteiger partial charge on any atom is 0.250 e. The molecule has 0 saturated carbocycles. The average Bonchev–Trinajstić information content (AvgIpc) is 3.31. The van der Waals surface area contributed by atoms with Gasteiger partial charge < -0.3 is 20.1 Å². The number of hydrogen-bond acceptors (Lipinski definition) is 6. The third-order valence-corrected chi connectivity index (χ3v) is 7.02. The SMILES string of the molecule is CN=C(NCCCOCC1CCCO1)NCCNS(=O)(=O)c1ccc(Cl)s1. The summed E-state index contributed by atoms with van der Waals surface area (Å²) >= 11 is 6.80. The Bertz CT molecular complexity index is 690. The molecular weight excluding hydrogens is 412 g/mol. The van der Waals surface area contributed by atoms with Gasteiger partial charge in [-0.3, -0.25) is 4.99 Å². The third kappa shape index (κ3) is 8.32. The molecule has 0 radical (unpaired) electrons. The van der Waals surface area contributed by atoms with Gasteiger partial charge in [0.1, 0.15) is 4.21 Å². The van der Waals surface area contributed by atoms with Crippen LogP contribution in [0.15, 0.2) is 21.3 Å². The van der Waals surface area contributed by atoms with Crippen LogP contribution in [0.5, 0.6) is 0 Å². The topological polar surface area (TPSA) is 101 Å². The largest absolute Gasteiger partial charge is 0.379 e. The lowest BCUT2D eigenvalue weighted by Crippen LogP contribution is -2.41. The summed E-state index contributed by atoms with van der Waals surface area (Å²) in [5.74, 6) is 0.618. The van der Waals surface area contributed by atoms with Crippen molar-refractivity contribution in [1.82, 2.24) is 15.4 Å². The van der Waals surface area contributed by atoms with Crippen LogP contribution in [0.25, 0.3) is 0 Å². The monoisotopic (exact) mass is 438 g/mol. The Morgan fingerprint density at radius 3 is 2.85 bits per heavy atom. The fourth-order valence-corrected chi connectivity index (χ4v) is 5.03. The van der Waals surface area contributed by atoms with Crippen LogP contribution in [0.4, 0.5) is 0 Å². The summed E-state index contributed by atoms with van der Waals surface area (Å²) in [4.78, 5) is 4.11. The minimum atomic E-state index is -3.52. The first-order chi connectivity index (χ1) is 13.0. The highest BCUT2D eigenvalue weighted by Crippen LogP contribution is 2.25. The molecule has 27 heavy (non-hydrogen) atoms. The molecular formula is C16H27ClN4O4S2. The quantitative estimate of drug-likeness (QED) is 0.274. The predicted octanol–water partition coefficient (Wildman–Crippen LogP) is 1.43. The van der Waals surface area contributed by atoms with E-state index in [1.165, 1.54) is 6.07 Å². The van der Waals surface area contributed by atoms with Crippen LogP contribution < -0.4 is 15.4 Å². The number of hydrogen-bond donors (Lipinski definition) is 3. The molecule has 1 aliphatic heterocycles. The number of sulfonamides is 1. The standard InChI is InChI=1S/C16H27ClN4O4S2/c1-18-16(19-7-3-10-24-12-13-4-2-11-25-13)20-8-9-21-27(22,23)15-6-5-14(17)26-15/h5-6,13,21H,2-4,7-12H2,1H3,(H2,18,19,20). The maximum atomic E-state index is 12.1. The predicted molar refractivity (Wildman–Crippen MR) is 108 cm³/mol. The first-order valence-electron chi connectivity index (χ1n) is 8.90. The van der Waals surface area contributed by atoms with Crippen molar-refractivity contribution in [2.24, 2.45) is 4.99 Å². The second-order valence-corrected chi connectivity index (χ2v) is 9.65. The minimum absolute atomic E-state index is 0.206. The van der Waals surface area contributed by atoms with E-state index in [1.54, 1.807) is 13.1 Å². The Labute approximate surface area is 169 Å². The van der Waals surface area contributed by atoms with Crippen molar-refractivity contribution in [3.8, 4) is 0 Å². The number of ether oxygens (including phenoxy) is 2. The van der Waals surface area contributed by atoms with Gasteiger partial charge in [0.05, 0.1) is 17.0 Å². The molecule has 1 unspecified atom stereocenters. The Balaban J connectivity index is 1.53. The van der Waals surface area contributed by atoms with Gasteiger partial charge in [-0.25, -0.2) is 13.1 Å². The van der Waals surface area contributed by atoms with E-state index >= 15 is 0 Å². The second kappa shape index (κ2) is 11.8. The van der Waals surface area contributed by atoms with Crippen molar-refractivity contribution < 1.29 is 17.9 Å². The number of nitrogens with zero attached hydrogens (tertiary/aromatic N) is 1. The van der Waals surface area contributed by atoms with Crippen molar-refractivity contribution in [3.63, 3.8) is 0 Å². The van der Waals surface area contributed by atoms with E-state index in [4.69, 9.17) is 21.1 Å². The van der Waals surface area contributed by atoms with Crippen LogP contribution in [0.1, 0.15) is 19.3 Å². The summed E-state index contributed by atoms with van der Waals surface area (Å²) in [6.07, 6.45) is 3.30. The third-order valence-electron chi connectivity index (χ3n) is 3.83. The number of halogens is 1. The van der Waals surface area contributed by atoms with Gasteiger partial charge in [-0.2, -0.15) is 0 Å². The van der Waals surface area contributed by atoms with E-state index < -0.39 is 10.0 Å². The molecule has 0 amide bonds. The van der Waals surface area contributed by atoms with Gasteiger partial charge in [0.2, 0.25) is 10.0 Å². The molecule has 1 fully saturated rings. The normalized spacial score (nSPS) is 18.0. The number of guanidine groups is 1. The van der Waals surface area contributed by atoms with Crippen molar-refractivity contribution in [2.45, 2.75) is 29.6 Å². The molecule has 1 aromatic heterocycles. The van der Waals surface area contributed by atoms with E-state index in [1.807, 2.05) is 0 Å². The summed E-state index contributed by atoms with van der Waals surface area (Å²) < 4.78 is 38.4. The number of aliphatic imine (C=N–C) groups is 1. The molecule has 0 bridgehead atoms. The fourth-order valence-electron chi connectivity index (χ4n) is 2.47. The molecule has 1 aromatic rings. The van der Waals surface area contributed by atoms with E-state index in [0.717, 1.165) is 37.2 Å². The van der Waals surface area contributed by atoms with Gasteiger partial charge >= 0.3 is 0 Å². The average molecular weight is 439 g/mol. The van der Waals surface area contributed by atoms with Crippen LogP contribution >= 0.6 is 22.9 Å². The molecule has 1 aliphatic rings. The lowest BCUT2D eigenvalue weighted by molar-refractivity contribution is 0.0168. The molecule has 1 atom stereocenters. The Kier molecular flexibility index (Phi) is 9.80. The molecule has 11 heteroatoms. The fraction of sp³-hybridized carbons (Fsp3) is 0.688. The van der Waals surface area contributed by atoms with E-state index in [9.17, 15) is 8.42 Å². The van der Waals surface area contributed by atoms with E-state index in [-0.39, 0.29) is 16.9 Å². The highest BCUT2D eigenvalue weighted by atomic mass is 35.5. The van der Waals surface area contributed by atoms with Crippen molar-refractivity contribution in [1.29, 1.82) is 0 Å². The number of thiophene rings is 1. The Morgan fingerprint density at radius 2 is 2.19 bits per heavy atom. The van der Waals surface area contributed by atoms with Gasteiger partial charge in [0.15, 0.2) is 5.96 Å². The van der Waals surface area contributed by atoms with Crippen LogP contribution in [0.2, 0.25) is 4.34 Å².